The second-order valence-corrected chi connectivity index (χ2v) is 9.67. The van der Waals surface area contributed by atoms with Gasteiger partial charge in [-0.05, 0) is 59.1 Å². The fraction of sp³-hybridized carbons (Fsp3) is 0.316. The van der Waals surface area contributed by atoms with Gasteiger partial charge in [0.15, 0.2) is 9.84 Å². The lowest BCUT2D eigenvalue weighted by Crippen LogP contribution is -2.43. The smallest absolute Gasteiger partial charge is 0.253 e. The van der Waals surface area contributed by atoms with E-state index in [-0.39, 0.29) is 29.2 Å². The molecule has 1 aliphatic rings. The van der Waals surface area contributed by atoms with Gasteiger partial charge in [0.1, 0.15) is 5.82 Å². The number of halogens is 1. The van der Waals surface area contributed by atoms with Gasteiger partial charge in [0.2, 0.25) is 5.91 Å². The van der Waals surface area contributed by atoms with Crippen molar-refractivity contribution < 1.29 is 18.0 Å². The first-order valence-electron chi connectivity index (χ1n) is 8.76. The van der Waals surface area contributed by atoms with Gasteiger partial charge in [-0.2, -0.15) is 0 Å². The van der Waals surface area contributed by atoms with Crippen LogP contribution >= 0.6 is 15.9 Å². The second-order valence-electron chi connectivity index (χ2n) is 6.74. The molecule has 1 aliphatic heterocycles. The molecular weight excluding hydrogens is 446 g/mol. The van der Waals surface area contributed by atoms with E-state index in [0.29, 0.717) is 30.8 Å². The minimum absolute atomic E-state index is 0.103. The summed E-state index contributed by atoms with van der Waals surface area (Å²) in [4.78, 5) is 31.2. The van der Waals surface area contributed by atoms with Crippen molar-refractivity contribution in [2.45, 2.75) is 17.7 Å². The molecule has 3 rings (SSSR count). The quantitative estimate of drug-likeness (QED) is 0.748. The summed E-state index contributed by atoms with van der Waals surface area (Å²) in [6.07, 6.45) is 4.08. The number of nitrogens with one attached hydrogen (secondary N) is 1. The Bertz CT molecular complexity index is 992. The fourth-order valence-corrected chi connectivity index (χ4v) is 4.00. The Morgan fingerprint density at radius 2 is 2.04 bits per heavy atom. The van der Waals surface area contributed by atoms with Crippen LogP contribution in [0, 0.1) is 5.92 Å². The molecule has 148 valence electrons. The highest BCUT2D eigenvalue weighted by molar-refractivity contribution is 9.10. The van der Waals surface area contributed by atoms with Crippen LogP contribution in [0.5, 0.6) is 0 Å². The molecule has 0 bridgehead atoms. The van der Waals surface area contributed by atoms with E-state index in [4.69, 9.17) is 0 Å². The molecule has 2 heterocycles. The number of rotatable bonds is 4. The summed E-state index contributed by atoms with van der Waals surface area (Å²) in [6.45, 7) is 0.812. The third kappa shape index (κ3) is 4.96. The average molecular weight is 466 g/mol. The van der Waals surface area contributed by atoms with Crippen LogP contribution in [0.4, 0.5) is 5.82 Å². The topological polar surface area (TPSA) is 96.4 Å². The fourth-order valence-electron chi connectivity index (χ4n) is 3.10. The van der Waals surface area contributed by atoms with Crippen molar-refractivity contribution in [2.24, 2.45) is 5.92 Å². The lowest BCUT2D eigenvalue weighted by Gasteiger charge is -2.32. The molecule has 0 radical (unpaired) electrons. The molecule has 9 heteroatoms. The van der Waals surface area contributed by atoms with E-state index in [1.165, 1.54) is 12.1 Å². The zero-order chi connectivity index (χ0) is 20.3. The van der Waals surface area contributed by atoms with Crippen LogP contribution in [-0.4, -0.2) is 49.5 Å². The molecule has 1 fully saturated rings. The SMILES string of the molecule is CS(=O)(=O)c1cccc(C(=O)N2CCCC(C(=O)Nc3ccc(Br)cn3)C2)c1. The summed E-state index contributed by atoms with van der Waals surface area (Å²) in [5.74, 6) is -0.347. The lowest BCUT2D eigenvalue weighted by atomic mass is 9.96. The highest BCUT2D eigenvalue weighted by Gasteiger charge is 2.29. The molecule has 0 spiro atoms. The van der Waals surface area contributed by atoms with Gasteiger partial charge in [-0.25, -0.2) is 13.4 Å². The molecule has 1 N–H and O–H groups in total. The number of hydrogen-bond acceptors (Lipinski definition) is 5. The zero-order valence-corrected chi connectivity index (χ0v) is 17.7. The molecule has 0 aliphatic carbocycles. The van der Waals surface area contributed by atoms with Gasteiger partial charge >= 0.3 is 0 Å². The van der Waals surface area contributed by atoms with Gasteiger partial charge in [-0.3, -0.25) is 9.59 Å². The van der Waals surface area contributed by atoms with Gasteiger partial charge in [0.05, 0.1) is 10.8 Å². The van der Waals surface area contributed by atoms with Gasteiger partial charge in [0.25, 0.3) is 5.91 Å². The van der Waals surface area contributed by atoms with Crippen molar-refractivity contribution >= 4 is 43.4 Å². The van der Waals surface area contributed by atoms with Crippen LogP contribution in [0.25, 0.3) is 0 Å². The Labute approximate surface area is 172 Å². The van der Waals surface area contributed by atoms with Gasteiger partial charge in [-0.15, -0.1) is 0 Å². The normalized spacial score (nSPS) is 17.2. The second kappa shape index (κ2) is 8.40. The number of aromatic nitrogens is 1. The summed E-state index contributed by atoms with van der Waals surface area (Å²) in [5.41, 5.74) is 0.304. The number of nitrogens with zero attached hydrogens (tertiary/aromatic N) is 2. The van der Waals surface area contributed by atoms with E-state index < -0.39 is 9.84 Å². The lowest BCUT2D eigenvalue weighted by molar-refractivity contribution is -0.121. The maximum atomic E-state index is 12.8. The first kappa shape index (κ1) is 20.5. The number of pyridine rings is 1. The summed E-state index contributed by atoms with van der Waals surface area (Å²) < 4.78 is 24.3. The number of carbonyl (C=O) groups excluding carboxylic acids is 2. The van der Waals surface area contributed by atoms with Crippen molar-refractivity contribution in [3.8, 4) is 0 Å². The van der Waals surface area contributed by atoms with Crippen LogP contribution in [-0.2, 0) is 14.6 Å². The van der Waals surface area contributed by atoms with Crippen LogP contribution < -0.4 is 5.32 Å². The number of carbonyl (C=O) groups is 2. The number of piperidine rings is 1. The average Bonchev–Trinajstić information content (AvgIpc) is 2.68. The maximum Gasteiger partial charge on any atom is 0.253 e. The molecular formula is C19H20BrN3O4S. The summed E-state index contributed by atoms with van der Waals surface area (Å²) in [5, 5.41) is 2.78. The molecule has 1 atom stereocenters. The highest BCUT2D eigenvalue weighted by atomic mass is 79.9. The predicted molar refractivity (Wildman–Crippen MR) is 109 cm³/mol. The molecule has 28 heavy (non-hydrogen) atoms. The maximum absolute atomic E-state index is 12.8. The van der Waals surface area contributed by atoms with Crippen molar-refractivity contribution in [2.75, 3.05) is 24.7 Å². The molecule has 2 amide bonds. The van der Waals surface area contributed by atoms with E-state index in [1.54, 1.807) is 35.4 Å². The van der Waals surface area contributed by atoms with E-state index >= 15 is 0 Å². The van der Waals surface area contributed by atoms with Crippen LogP contribution in [0.1, 0.15) is 23.2 Å². The van der Waals surface area contributed by atoms with Crippen molar-refractivity contribution in [3.63, 3.8) is 0 Å². The molecule has 0 saturated carbocycles. The van der Waals surface area contributed by atoms with Crippen molar-refractivity contribution in [1.82, 2.24) is 9.88 Å². The monoisotopic (exact) mass is 465 g/mol. The number of sulfone groups is 1. The first-order valence-corrected chi connectivity index (χ1v) is 11.4. The van der Waals surface area contributed by atoms with Gasteiger partial charge in [-0.1, -0.05) is 6.07 Å². The highest BCUT2D eigenvalue weighted by Crippen LogP contribution is 2.21. The third-order valence-electron chi connectivity index (χ3n) is 4.57. The van der Waals surface area contributed by atoms with Crippen molar-refractivity contribution in [1.29, 1.82) is 0 Å². The predicted octanol–water partition coefficient (Wildman–Crippen LogP) is 2.74. The van der Waals surface area contributed by atoms with E-state index in [1.807, 2.05) is 0 Å². The molecule has 1 unspecified atom stereocenters. The number of amides is 2. The Hall–Kier alpha value is -2.26. The molecule has 1 saturated heterocycles. The summed E-state index contributed by atoms with van der Waals surface area (Å²) in [6, 6.07) is 9.47. The van der Waals surface area contributed by atoms with Gasteiger partial charge < -0.3 is 10.2 Å². The molecule has 1 aromatic heterocycles. The largest absolute Gasteiger partial charge is 0.338 e. The minimum atomic E-state index is -3.40. The standard InChI is InChI=1S/C19H20BrN3O4S/c1-28(26,27)16-6-2-4-13(10-16)19(25)23-9-3-5-14(12-23)18(24)22-17-8-7-15(20)11-21-17/h2,4,6-8,10-11,14H,3,5,9,12H2,1H3,(H,21,22,24). The summed E-state index contributed by atoms with van der Waals surface area (Å²) >= 11 is 3.29. The van der Waals surface area contributed by atoms with E-state index in [2.05, 4.69) is 26.2 Å². The molecule has 7 nitrogen and oxygen atoms in total. The van der Waals surface area contributed by atoms with Crippen LogP contribution in [0.3, 0.4) is 0 Å². The molecule has 1 aromatic carbocycles. The number of likely N-dealkylation sites (tertiary alicyclic amines) is 1. The zero-order valence-electron chi connectivity index (χ0n) is 15.3. The van der Waals surface area contributed by atoms with E-state index in [9.17, 15) is 18.0 Å². The molecule has 2 aromatic rings. The van der Waals surface area contributed by atoms with Gasteiger partial charge in [0, 0.05) is 35.6 Å². The Morgan fingerprint density at radius 1 is 1.25 bits per heavy atom. The summed E-state index contributed by atoms with van der Waals surface area (Å²) in [7, 11) is -3.40. The Balaban J connectivity index is 1.69. The number of anilines is 1. The number of hydrogen-bond donors (Lipinski definition) is 1. The Morgan fingerprint density at radius 3 is 2.71 bits per heavy atom. The third-order valence-corrected chi connectivity index (χ3v) is 6.15. The van der Waals surface area contributed by atoms with Crippen LogP contribution in [0.15, 0.2) is 52.0 Å². The van der Waals surface area contributed by atoms with E-state index in [0.717, 1.165) is 10.7 Å². The first-order chi connectivity index (χ1) is 13.2. The minimum Gasteiger partial charge on any atom is -0.338 e. The Kier molecular flexibility index (Phi) is 6.14. The number of benzene rings is 1. The van der Waals surface area contributed by atoms with Crippen LogP contribution in [0.2, 0.25) is 0 Å². The van der Waals surface area contributed by atoms with Crippen molar-refractivity contribution in [3.05, 3.63) is 52.6 Å².